The van der Waals surface area contributed by atoms with Crippen LogP contribution < -0.4 is 11.1 Å². The average Bonchev–Trinajstić information content (AvgIpc) is 2.90. The molecule has 3 N–H and O–H groups in total. The van der Waals surface area contributed by atoms with E-state index in [1.165, 1.54) is 12.8 Å². The lowest BCUT2D eigenvalue weighted by Crippen LogP contribution is -2.30. The third-order valence-electron chi connectivity index (χ3n) is 2.82. The van der Waals surface area contributed by atoms with Crippen molar-refractivity contribution in [1.82, 2.24) is 10.3 Å². The molecule has 1 aromatic heterocycles. The predicted molar refractivity (Wildman–Crippen MR) is 53.4 cm³/mol. The molecule has 0 aliphatic heterocycles. The summed E-state index contributed by atoms with van der Waals surface area (Å²) in [5, 5.41) is 3.33. The molecule has 0 bridgehead atoms. The van der Waals surface area contributed by atoms with Crippen molar-refractivity contribution in [3.63, 3.8) is 0 Å². The molecule has 0 unspecified atom stereocenters. The molecule has 1 fully saturated rings. The number of hydrogen-bond acceptors (Lipinski definition) is 3. The van der Waals surface area contributed by atoms with E-state index in [2.05, 4.69) is 10.3 Å². The minimum atomic E-state index is 0.294. The highest BCUT2D eigenvalue weighted by Gasteiger charge is 2.41. The fraction of sp³-hybridized carbons (Fsp3) is 0.500. The average molecular weight is 177 g/mol. The first-order chi connectivity index (χ1) is 6.26. The van der Waals surface area contributed by atoms with Gasteiger partial charge in [-0.05, 0) is 32.0 Å². The van der Waals surface area contributed by atoms with Crippen molar-refractivity contribution in [2.24, 2.45) is 0 Å². The summed E-state index contributed by atoms with van der Waals surface area (Å²) < 4.78 is 0. The maximum absolute atomic E-state index is 5.82. The van der Waals surface area contributed by atoms with Gasteiger partial charge in [-0.15, -0.1) is 0 Å². The Balaban J connectivity index is 2.14. The van der Waals surface area contributed by atoms with Gasteiger partial charge in [0.15, 0.2) is 0 Å². The normalized spacial score (nSPS) is 18.5. The summed E-state index contributed by atoms with van der Waals surface area (Å²) in [7, 11) is 2.01. The van der Waals surface area contributed by atoms with Crippen molar-refractivity contribution in [3.8, 4) is 0 Å². The Morgan fingerprint density at radius 3 is 2.92 bits per heavy atom. The van der Waals surface area contributed by atoms with E-state index in [9.17, 15) is 0 Å². The summed E-state index contributed by atoms with van der Waals surface area (Å²) in [5.41, 5.74) is 7.95. The van der Waals surface area contributed by atoms with E-state index < -0.39 is 0 Å². The molecule has 1 aliphatic carbocycles. The second-order valence-electron chi connectivity index (χ2n) is 3.75. The lowest BCUT2D eigenvalue weighted by atomic mass is 10.1. The molecule has 0 aromatic carbocycles. The third-order valence-corrected chi connectivity index (χ3v) is 2.82. The maximum atomic E-state index is 5.82. The van der Waals surface area contributed by atoms with Gasteiger partial charge in [0, 0.05) is 18.2 Å². The van der Waals surface area contributed by atoms with Crippen LogP contribution in [0.4, 0.5) is 5.69 Å². The number of likely N-dealkylation sites (N-methyl/N-ethyl adjacent to an activating group) is 1. The molecule has 70 valence electrons. The van der Waals surface area contributed by atoms with Crippen molar-refractivity contribution in [1.29, 1.82) is 0 Å². The van der Waals surface area contributed by atoms with Crippen molar-refractivity contribution in [3.05, 3.63) is 24.0 Å². The molecule has 1 aromatic rings. The number of nitrogens with one attached hydrogen (secondary N) is 1. The van der Waals surface area contributed by atoms with E-state index in [-0.39, 0.29) is 0 Å². The lowest BCUT2D eigenvalue weighted by molar-refractivity contribution is 0.543. The fourth-order valence-electron chi connectivity index (χ4n) is 1.58. The minimum Gasteiger partial charge on any atom is -0.397 e. The summed E-state index contributed by atoms with van der Waals surface area (Å²) >= 11 is 0. The van der Waals surface area contributed by atoms with Gasteiger partial charge in [-0.3, -0.25) is 4.98 Å². The van der Waals surface area contributed by atoms with Crippen LogP contribution in [0.5, 0.6) is 0 Å². The quantitative estimate of drug-likeness (QED) is 0.723. The number of hydrogen-bond donors (Lipinski definition) is 2. The lowest BCUT2D eigenvalue weighted by Gasteiger charge is -2.14. The molecule has 3 nitrogen and oxygen atoms in total. The number of nitrogens with two attached hydrogens (primary N) is 1. The summed E-state index contributed by atoms with van der Waals surface area (Å²) in [6.07, 6.45) is 5.23. The van der Waals surface area contributed by atoms with E-state index in [0.29, 0.717) is 5.54 Å². The monoisotopic (exact) mass is 177 g/mol. The summed E-state index contributed by atoms with van der Waals surface area (Å²) in [6.45, 7) is 0. The van der Waals surface area contributed by atoms with E-state index in [1.807, 2.05) is 19.2 Å². The summed E-state index contributed by atoms with van der Waals surface area (Å²) in [4.78, 5) is 4.29. The number of pyridine rings is 1. The number of aromatic nitrogens is 1. The third kappa shape index (κ3) is 1.65. The molecule has 0 saturated heterocycles. The highest BCUT2D eigenvalue weighted by Crippen LogP contribution is 2.38. The molecule has 1 heterocycles. The molecule has 13 heavy (non-hydrogen) atoms. The maximum Gasteiger partial charge on any atom is 0.0650 e. The Labute approximate surface area is 78.4 Å². The second kappa shape index (κ2) is 3.00. The van der Waals surface area contributed by atoms with Crippen LogP contribution >= 0.6 is 0 Å². The smallest absolute Gasteiger partial charge is 0.0650 e. The van der Waals surface area contributed by atoms with Crippen molar-refractivity contribution in [2.45, 2.75) is 24.8 Å². The number of nitrogen functional groups attached to an aromatic ring is 1. The van der Waals surface area contributed by atoms with Crippen molar-refractivity contribution in [2.75, 3.05) is 12.8 Å². The van der Waals surface area contributed by atoms with Gasteiger partial charge in [0.1, 0.15) is 0 Å². The minimum absolute atomic E-state index is 0.294. The van der Waals surface area contributed by atoms with E-state index in [4.69, 9.17) is 5.73 Å². The molecule has 3 heteroatoms. The Hall–Kier alpha value is -1.09. The first-order valence-electron chi connectivity index (χ1n) is 4.64. The molecule has 0 radical (unpaired) electrons. The Morgan fingerprint density at radius 1 is 1.62 bits per heavy atom. The zero-order valence-corrected chi connectivity index (χ0v) is 7.88. The van der Waals surface area contributed by atoms with E-state index in [0.717, 1.165) is 17.8 Å². The molecule has 1 saturated carbocycles. The van der Waals surface area contributed by atoms with Crippen LogP contribution in [0.25, 0.3) is 0 Å². The van der Waals surface area contributed by atoms with Gasteiger partial charge in [0.05, 0.1) is 11.4 Å². The Bertz CT molecular complexity index is 305. The van der Waals surface area contributed by atoms with Gasteiger partial charge in [0.25, 0.3) is 0 Å². The van der Waals surface area contributed by atoms with E-state index in [1.54, 1.807) is 6.20 Å². The Kier molecular flexibility index (Phi) is 1.96. The molecule has 0 amide bonds. The van der Waals surface area contributed by atoms with Crippen molar-refractivity contribution >= 4 is 5.69 Å². The molecule has 2 rings (SSSR count). The van der Waals surface area contributed by atoms with Crippen LogP contribution in [0.2, 0.25) is 0 Å². The molecular formula is C10H15N3. The Morgan fingerprint density at radius 2 is 2.38 bits per heavy atom. The summed E-state index contributed by atoms with van der Waals surface area (Å²) in [5.74, 6) is 0. The van der Waals surface area contributed by atoms with E-state index >= 15 is 0 Å². The molecular weight excluding hydrogens is 162 g/mol. The topological polar surface area (TPSA) is 50.9 Å². The zero-order chi connectivity index (χ0) is 9.31. The van der Waals surface area contributed by atoms with Crippen molar-refractivity contribution < 1.29 is 0 Å². The van der Waals surface area contributed by atoms with Crippen LogP contribution in [-0.4, -0.2) is 17.6 Å². The van der Waals surface area contributed by atoms with Gasteiger partial charge in [-0.25, -0.2) is 0 Å². The van der Waals surface area contributed by atoms with Crippen LogP contribution in [0.15, 0.2) is 18.3 Å². The number of rotatable bonds is 3. The van der Waals surface area contributed by atoms with Crippen LogP contribution in [0.3, 0.4) is 0 Å². The zero-order valence-electron chi connectivity index (χ0n) is 7.88. The second-order valence-corrected chi connectivity index (χ2v) is 3.75. The van der Waals surface area contributed by atoms with Crippen LogP contribution in [-0.2, 0) is 6.42 Å². The highest BCUT2D eigenvalue weighted by molar-refractivity contribution is 5.43. The predicted octanol–water partition coefficient (Wildman–Crippen LogP) is 0.958. The van der Waals surface area contributed by atoms with Crippen LogP contribution in [0.1, 0.15) is 18.5 Å². The molecule has 0 atom stereocenters. The largest absolute Gasteiger partial charge is 0.397 e. The molecule has 1 aliphatic rings. The number of nitrogens with zero attached hydrogens (tertiary/aromatic N) is 1. The summed E-state index contributed by atoms with van der Waals surface area (Å²) in [6, 6.07) is 3.78. The first kappa shape index (κ1) is 8.51. The van der Waals surface area contributed by atoms with Gasteiger partial charge >= 0.3 is 0 Å². The van der Waals surface area contributed by atoms with Gasteiger partial charge in [0.2, 0.25) is 0 Å². The fourth-order valence-corrected chi connectivity index (χ4v) is 1.58. The van der Waals surface area contributed by atoms with Crippen LogP contribution in [0, 0.1) is 0 Å². The van der Waals surface area contributed by atoms with Gasteiger partial charge in [-0.2, -0.15) is 0 Å². The molecule has 0 spiro atoms. The highest BCUT2D eigenvalue weighted by atomic mass is 15.0. The first-order valence-corrected chi connectivity index (χ1v) is 4.64. The SMILES string of the molecule is CNC1(Cc2ncccc2N)CC1. The number of anilines is 1. The van der Waals surface area contributed by atoms with Gasteiger partial charge in [-0.1, -0.05) is 0 Å². The van der Waals surface area contributed by atoms with Gasteiger partial charge < -0.3 is 11.1 Å². The standard InChI is InChI=1S/C10H15N3/c1-12-10(4-5-10)7-9-8(11)3-2-6-13-9/h2-3,6,12H,4-5,7,11H2,1H3.